The fourth-order valence-electron chi connectivity index (χ4n) is 6.63. The molecular formula is C44H36F3N5O8S3. The highest BCUT2D eigenvalue weighted by atomic mass is 32.2. The van der Waals surface area contributed by atoms with Gasteiger partial charge in [0.2, 0.25) is 6.61 Å². The highest BCUT2D eigenvalue weighted by Crippen LogP contribution is 2.42. The van der Waals surface area contributed by atoms with Crippen LogP contribution in [0.2, 0.25) is 0 Å². The van der Waals surface area contributed by atoms with Gasteiger partial charge in [-0.1, -0.05) is 126 Å². The number of thioether (sulfide) groups is 2. The Morgan fingerprint density at radius 2 is 1.37 bits per heavy atom. The summed E-state index contributed by atoms with van der Waals surface area (Å²) in [6, 6.07) is 34.9. The molecule has 0 bridgehead atoms. The lowest BCUT2D eigenvalue weighted by molar-refractivity contribution is -0.167. The number of aromatic nitrogens is 1. The third-order valence-electron chi connectivity index (χ3n) is 9.51. The van der Waals surface area contributed by atoms with Gasteiger partial charge in [-0.2, -0.15) is 24.9 Å². The smallest absolute Gasteiger partial charge is 0.450 e. The lowest BCUT2D eigenvalue weighted by atomic mass is 10.0. The maximum atomic E-state index is 14.2. The number of carbonyl (C=O) groups is 5. The quantitative estimate of drug-likeness (QED) is 0.0451. The summed E-state index contributed by atoms with van der Waals surface area (Å²) in [5, 5.41) is 7.89. The molecule has 0 spiro atoms. The number of hydrogen-bond donors (Lipinski definition) is 2. The van der Waals surface area contributed by atoms with Crippen LogP contribution in [-0.4, -0.2) is 87.2 Å². The highest BCUT2D eigenvalue weighted by molar-refractivity contribution is 8.00. The zero-order valence-corrected chi connectivity index (χ0v) is 35.5. The van der Waals surface area contributed by atoms with E-state index >= 15 is 0 Å². The molecule has 4 aromatic carbocycles. The number of nitrogens with one attached hydrogen (secondary N) is 2. The molecule has 0 radical (unpaired) electrons. The number of fused-ring (bicyclic) bond motifs is 1. The van der Waals surface area contributed by atoms with Gasteiger partial charge in [0.25, 0.3) is 11.8 Å². The van der Waals surface area contributed by atoms with Gasteiger partial charge in [-0.3, -0.25) is 24.6 Å². The predicted molar refractivity (Wildman–Crippen MR) is 231 cm³/mol. The molecule has 2 unspecified atom stereocenters. The standard InChI is InChI=1S/C44H36F3N5O8S3/c1-61-23-30-24-62-40-34(39(55)52(40)35(30)41(56)60-37(28-18-10-4-11-19-28)29-20-12-5-13-21-29)49-38(54)33(31-25-63-43(48-31)50-42(57)44(45,46)47)51-58-22-32(53)59-36(26-14-6-2-7-15-26)27-16-8-3-9-17-27/h2-21,25,34,36-37,40H,22-24H2,1H3,(H,49,54)(H,48,50,57)/b51-33+. The first-order valence-corrected chi connectivity index (χ1v) is 22.4. The maximum Gasteiger partial charge on any atom is 0.471 e. The van der Waals surface area contributed by atoms with Gasteiger partial charge >= 0.3 is 24.0 Å². The summed E-state index contributed by atoms with van der Waals surface area (Å²) in [5.41, 5.74) is 2.50. The SMILES string of the molecule is CSCC1=C(C(=O)OC(c2ccccc2)c2ccccc2)N2C(=O)C(NC(=O)/C(=N/OCC(=O)OC(c3ccccc3)c3ccccc3)c3csc(NC(=O)C(F)(F)F)n3)C2SC1. The van der Waals surface area contributed by atoms with Crippen LogP contribution in [0.1, 0.15) is 40.2 Å². The van der Waals surface area contributed by atoms with Gasteiger partial charge in [0.1, 0.15) is 22.8 Å². The molecule has 2 aliphatic rings. The number of hydrogen-bond acceptors (Lipinski definition) is 13. The van der Waals surface area contributed by atoms with Crippen LogP contribution in [0, 0.1) is 0 Å². The summed E-state index contributed by atoms with van der Waals surface area (Å²) >= 11 is 3.32. The number of anilines is 1. The van der Waals surface area contributed by atoms with Gasteiger partial charge < -0.3 is 19.6 Å². The number of β-lactam (4-membered cyclic amide) rings is 1. The first kappa shape index (κ1) is 44.6. The Morgan fingerprint density at radius 3 is 1.87 bits per heavy atom. The molecule has 2 aliphatic heterocycles. The van der Waals surface area contributed by atoms with Crippen LogP contribution in [0.25, 0.3) is 0 Å². The van der Waals surface area contributed by atoms with Gasteiger partial charge in [0.05, 0.1) is 0 Å². The van der Waals surface area contributed by atoms with Gasteiger partial charge in [-0.15, -0.1) is 23.1 Å². The molecule has 3 heterocycles. The Morgan fingerprint density at radius 1 is 0.841 bits per heavy atom. The minimum Gasteiger partial charge on any atom is -0.450 e. The van der Waals surface area contributed by atoms with Crippen molar-refractivity contribution in [3.63, 3.8) is 0 Å². The molecule has 13 nitrogen and oxygen atoms in total. The van der Waals surface area contributed by atoms with Crippen molar-refractivity contribution in [1.29, 1.82) is 0 Å². The van der Waals surface area contributed by atoms with Crippen molar-refractivity contribution < 1.29 is 51.5 Å². The van der Waals surface area contributed by atoms with E-state index in [0.29, 0.717) is 50.7 Å². The van der Waals surface area contributed by atoms with E-state index < -0.39 is 76.9 Å². The summed E-state index contributed by atoms with van der Waals surface area (Å²) in [6.45, 7) is -0.815. The Hall–Kier alpha value is -6.44. The molecule has 5 aromatic rings. The number of thiazole rings is 1. The van der Waals surface area contributed by atoms with Crippen molar-refractivity contribution >= 4 is 75.4 Å². The van der Waals surface area contributed by atoms with E-state index in [1.165, 1.54) is 28.4 Å². The number of halogens is 3. The van der Waals surface area contributed by atoms with E-state index in [2.05, 4.69) is 15.5 Å². The zero-order chi connectivity index (χ0) is 44.5. The number of nitrogens with zero attached hydrogens (tertiary/aromatic N) is 3. The fourth-order valence-corrected chi connectivity index (χ4v) is 9.38. The first-order valence-electron chi connectivity index (χ1n) is 19.0. The highest BCUT2D eigenvalue weighted by Gasteiger charge is 2.55. The van der Waals surface area contributed by atoms with Crippen molar-refractivity contribution in [2.45, 2.75) is 29.8 Å². The van der Waals surface area contributed by atoms with Crippen LogP contribution >= 0.6 is 34.9 Å². The third-order valence-corrected chi connectivity index (χ3v) is 12.2. The average Bonchev–Trinajstić information content (AvgIpc) is 3.76. The Labute approximate surface area is 371 Å². The normalized spacial score (nSPS) is 16.3. The van der Waals surface area contributed by atoms with Gasteiger partial charge in [-0.05, 0) is 34.1 Å². The van der Waals surface area contributed by atoms with E-state index in [1.54, 1.807) is 66.0 Å². The van der Waals surface area contributed by atoms with Gasteiger partial charge in [0.15, 0.2) is 23.1 Å². The van der Waals surface area contributed by atoms with Crippen molar-refractivity contribution in [1.82, 2.24) is 15.2 Å². The number of benzene rings is 4. The summed E-state index contributed by atoms with van der Waals surface area (Å²) < 4.78 is 51.0. The number of esters is 2. The molecule has 7 rings (SSSR count). The monoisotopic (exact) mass is 915 g/mol. The maximum absolute atomic E-state index is 14.2. The van der Waals surface area contributed by atoms with E-state index in [1.807, 2.05) is 66.9 Å². The van der Waals surface area contributed by atoms with Crippen LogP contribution in [0.3, 0.4) is 0 Å². The molecule has 63 heavy (non-hydrogen) atoms. The zero-order valence-electron chi connectivity index (χ0n) is 33.0. The number of oxime groups is 1. The van der Waals surface area contributed by atoms with Crippen molar-refractivity contribution in [2.75, 3.05) is 29.7 Å². The number of amides is 3. The Kier molecular flexibility index (Phi) is 14.3. The lowest BCUT2D eigenvalue weighted by Crippen LogP contribution is -2.71. The van der Waals surface area contributed by atoms with Crippen LogP contribution in [0.4, 0.5) is 18.3 Å². The summed E-state index contributed by atoms with van der Waals surface area (Å²) in [7, 11) is 0. The second-order valence-corrected chi connectivity index (χ2v) is 16.6. The first-order chi connectivity index (χ1) is 30.4. The van der Waals surface area contributed by atoms with E-state index in [-0.39, 0.29) is 11.4 Å². The second kappa shape index (κ2) is 20.2. The van der Waals surface area contributed by atoms with Crippen molar-refractivity contribution in [3.05, 3.63) is 166 Å². The van der Waals surface area contributed by atoms with Crippen LogP contribution in [0.5, 0.6) is 0 Å². The van der Waals surface area contributed by atoms with Crippen LogP contribution in [0.15, 0.2) is 143 Å². The second-order valence-electron chi connectivity index (χ2n) is 13.7. The molecule has 1 fully saturated rings. The van der Waals surface area contributed by atoms with Gasteiger partial charge in [0, 0.05) is 16.9 Å². The minimum absolute atomic E-state index is 0.0602. The molecule has 1 aromatic heterocycles. The number of rotatable bonds is 16. The molecule has 0 aliphatic carbocycles. The predicted octanol–water partition coefficient (Wildman–Crippen LogP) is 7.05. The minimum atomic E-state index is -5.23. The van der Waals surface area contributed by atoms with E-state index in [4.69, 9.17) is 14.3 Å². The van der Waals surface area contributed by atoms with E-state index in [0.717, 1.165) is 5.38 Å². The molecule has 1 saturated heterocycles. The molecule has 2 atom stereocenters. The number of alkyl halides is 3. The van der Waals surface area contributed by atoms with E-state index in [9.17, 15) is 37.1 Å². The average molecular weight is 916 g/mol. The van der Waals surface area contributed by atoms with Crippen LogP contribution < -0.4 is 10.6 Å². The molecular weight excluding hydrogens is 880 g/mol. The molecule has 3 amide bonds. The third kappa shape index (κ3) is 10.6. The molecule has 324 valence electrons. The van der Waals surface area contributed by atoms with Crippen LogP contribution in [-0.2, 0) is 38.3 Å². The lowest BCUT2D eigenvalue weighted by Gasteiger charge is -2.49. The largest absolute Gasteiger partial charge is 0.471 e. The number of carbonyl (C=O) groups excluding carboxylic acids is 5. The topological polar surface area (TPSA) is 166 Å². The van der Waals surface area contributed by atoms with Crippen molar-refractivity contribution in [2.24, 2.45) is 5.16 Å². The fraction of sp³-hybridized carbons (Fsp3) is 0.205. The summed E-state index contributed by atoms with van der Waals surface area (Å²) in [6.07, 6.45) is -5.00. The molecule has 2 N–H and O–H groups in total. The summed E-state index contributed by atoms with van der Waals surface area (Å²) in [5.74, 6) is -4.88. The molecule has 0 saturated carbocycles. The molecule has 19 heteroatoms. The Balaban J connectivity index is 1.10. The van der Waals surface area contributed by atoms with Crippen molar-refractivity contribution in [3.8, 4) is 0 Å². The Bertz CT molecular complexity index is 2430. The summed E-state index contributed by atoms with van der Waals surface area (Å²) in [4.78, 5) is 77.5. The van der Waals surface area contributed by atoms with Gasteiger partial charge in [-0.25, -0.2) is 14.6 Å². The number of ether oxygens (including phenoxy) is 2.